The predicted octanol–water partition coefficient (Wildman–Crippen LogP) is 1.42. The number of hydrogen-bond acceptors (Lipinski definition) is 4. The number of benzene rings is 1. The zero-order valence-electron chi connectivity index (χ0n) is 13.1. The molecule has 1 rings (SSSR count). The topological polar surface area (TPSA) is 117 Å². The van der Waals surface area contributed by atoms with Crippen LogP contribution in [0.3, 0.4) is 0 Å². The molecular formula is C15H23ClN4O3. The van der Waals surface area contributed by atoms with E-state index in [0.29, 0.717) is 19.4 Å². The summed E-state index contributed by atoms with van der Waals surface area (Å²) in [6.07, 6.45) is 1.80. The Bertz CT molecular complexity index is 520. The quantitative estimate of drug-likeness (QED) is 0.324. The largest absolute Gasteiger partial charge is 0.465 e. The summed E-state index contributed by atoms with van der Waals surface area (Å²) in [5.74, 6) is -0.696. The molecule has 8 heteroatoms. The molecule has 0 saturated heterocycles. The van der Waals surface area contributed by atoms with Gasteiger partial charge in [0.05, 0.1) is 6.61 Å². The summed E-state index contributed by atoms with van der Waals surface area (Å²) in [7, 11) is 0. The second kappa shape index (κ2) is 11.3. The number of carbonyl (C=O) groups excluding carboxylic acids is 2. The summed E-state index contributed by atoms with van der Waals surface area (Å²) in [6.45, 7) is 1.94. The van der Waals surface area contributed by atoms with E-state index in [1.54, 1.807) is 6.92 Å². The van der Waals surface area contributed by atoms with Crippen molar-refractivity contribution in [3.05, 3.63) is 29.8 Å². The molecule has 0 aliphatic rings. The Kier molecular flexibility index (Phi) is 10.2. The highest BCUT2D eigenvalue weighted by molar-refractivity contribution is 5.89. The first-order valence-electron chi connectivity index (χ1n) is 7.13. The van der Waals surface area contributed by atoms with Gasteiger partial charge < -0.3 is 21.1 Å². The Morgan fingerprint density at radius 1 is 1.26 bits per heavy atom. The molecule has 23 heavy (non-hydrogen) atoms. The molecule has 0 aliphatic carbocycles. The molecule has 1 aromatic carbocycles. The van der Waals surface area contributed by atoms with Crippen LogP contribution in [0.2, 0.25) is 0 Å². The molecule has 0 aliphatic heterocycles. The van der Waals surface area contributed by atoms with E-state index in [-0.39, 0.29) is 30.8 Å². The molecule has 7 nitrogen and oxygen atoms in total. The van der Waals surface area contributed by atoms with Crippen LogP contribution in [0.4, 0.5) is 5.69 Å². The van der Waals surface area contributed by atoms with E-state index < -0.39 is 5.97 Å². The van der Waals surface area contributed by atoms with Crippen molar-refractivity contribution in [1.29, 1.82) is 5.41 Å². The number of halogens is 1. The molecule has 5 N–H and O–H groups in total. The molecule has 1 aromatic rings. The molecule has 128 valence electrons. The second-order valence-corrected chi connectivity index (χ2v) is 4.67. The molecule has 0 saturated carbocycles. The minimum absolute atomic E-state index is 0. The van der Waals surface area contributed by atoms with E-state index in [4.69, 9.17) is 15.9 Å². The van der Waals surface area contributed by atoms with Gasteiger partial charge in [-0.1, -0.05) is 12.1 Å². The van der Waals surface area contributed by atoms with Crippen molar-refractivity contribution in [2.24, 2.45) is 5.73 Å². The number of anilines is 1. The maximum atomic E-state index is 11.6. The van der Waals surface area contributed by atoms with Gasteiger partial charge in [-0.2, -0.15) is 0 Å². The third-order valence-electron chi connectivity index (χ3n) is 2.84. The molecule has 0 atom stereocenters. The second-order valence-electron chi connectivity index (χ2n) is 4.67. The standard InChI is InChI=1S/C15H22N4O3.ClH/c1-2-22-14(21)10-18-13(20)5-3-4-11-6-8-12(9-7-11)19-15(16)17;/h6-9H,2-5,10H2,1H3,(H,18,20)(H4,16,17,19);1H. The van der Waals surface area contributed by atoms with E-state index in [2.05, 4.69) is 10.6 Å². The fourth-order valence-electron chi connectivity index (χ4n) is 1.83. The van der Waals surface area contributed by atoms with Gasteiger partial charge in [-0.3, -0.25) is 15.0 Å². The highest BCUT2D eigenvalue weighted by Crippen LogP contribution is 2.11. The van der Waals surface area contributed by atoms with Crippen molar-refractivity contribution < 1.29 is 14.3 Å². The summed E-state index contributed by atoms with van der Waals surface area (Å²) < 4.78 is 4.72. The van der Waals surface area contributed by atoms with Crippen molar-refractivity contribution >= 4 is 35.9 Å². The number of amides is 1. The summed E-state index contributed by atoms with van der Waals surface area (Å²) in [6, 6.07) is 7.50. The van der Waals surface area contributed by atoms with Gasteiger partial charge in [0.1, 0.15) is 6.54 Å². The number of nitrogens with one attached hydrogen (secondary N) is 3. The van der Waals surface area contributed by atoms with Crippen LogP contribution in [0.5, 0.6) is 0 Å². The number of ether oxygens (including phenoxy) is 1. The Balaban J connectivity index is 0.00000484. The van der Waals surface area contributed by atoms with Crippen LogP contribution in [-0.2, 0) is 20.7 Å². The van der Waals surface area contributed by atoms with Crippen molar-refractivity contribution in [3.8, 4) is 0 Å². The number of rotatable bonds is 8. The number of nitrogens with two attached hydrogens (primary N) is 1. The fourth-order valence-corrected chi connectivity index (χ4v) is 1.83. The van der Waals surface area contributed by atoms with Crippen LogP contribution >= 0.6 is 12.4 Å². The highest BCUT2D eigenvalue weighted by Gasteiger charge is 2.06. The molecule has 0 bridgehead atoms. The third-order valence-corrected chi connectivity index (χ3v) is 2.84. The van der Waals surface area contributed by atoms with E-state index in [0.717, 1.165) is 17.7 Å². The van der Waals surface area contributed by atoms with Crippen molar-refractivity contribution in [1.82, 2.24) is 5.32 Å². The lowest BCUT2D eigenvalue weighted by Crippen LogP contribution is -2.30. The fraction of sp³-hybridized carbons (Fsp3) is 0.400. The predicted molar refractivity (Wildman–Crippen MR) is 91.8 cm³/mol. The van der Waals surface area contributed by atoms with E-state index >= 15 is 0 Å². The average molecular weight is 343 g/mol. The summed E-state index contributed by atoms with van der Waals surface area (Å²) in [4.78, 5) is 22.6. The maximum Gasteiger partial charge on any atom is 0.325 e. The van der Waals surface area contributed by atoms with Gasteiger partial charge in [0.25, 0.3) is 0 Å². The lowest BCUT2D eigenvalue weighted by molar-refractivity contribution is -0.143. The summed E-state index contributed by atoms with van der Waals surface area (Å²) in [5.41, 5.74) is 7.08. The maximum absolute atomic E-state index is 11.6. The SMILES string of the molecule is CCOC(=O)CNC(=O)CCCc1ccc(NC(=N)N)cc1.Cl. The molecule has 1 amide bonds. The zero-order valence-corrected chi connectivity index (χ0v) is 13.9. The van der Waals surface area contributed by atoms with Crippen molar-refractivity contribution in [2.75, 3.05) is 18.5 Å². The Labute approximate surface area is 141 Å². The smallest absolute Gasteiger partial charge is 0.325 e. The number of hydrogen-bond donors (Lipinski definition) is 4. The lowest BCUT2D eigenvalue weighted by Gasteiger charge is -2.06. The van der Waals surface area contributed by atoms with E-state index in [1.165, 1.54) is 0 Å². The molecule has 0 radical (unpaired) electrons. The lowest BCUT2D eigenvalue weighted by atomic mass is 10.1. The molecule has 0 unspecified atom stereocenters. The van der Waals surface area contributed by atoms with Crippen LogP contribution in [0, 0.1) is 5.41 Å². The Morgan fingerprint density at radius 2 is 1.91 bits per heavy atom. The molecule has 0 spiro atoms. The minimum atomic E-state index is -0.426. The zero-order chi connectivity index (χ0) is 16.4. The van der Waals surface area contributed by atoms with Crippen LogP contribution in [0.15, 0.2) is 24.3 Å². The molecule has 0 heterocycles. The molecule has 0 fully saturated rings. The van der Waals surface area contributed by atoms with Gasteiger partial charge in [-0.25, -0.2) is 0 Å². The Hall–Kier alpha value is -2.28. The van der Waals surface area contributed by atoms with Crippen molar-refractivity contribution in [3.63, 3.8) is 0 Å². The number of guanidine groups is 1. The van der Waals surface area contributed by atoms with Gasteiger partial charge in [0, 0.05) is 12.1 Å². The van der Waals surface area contributed by atoms with Gasteiger partial charge in [-0.05, 0) is 37.5 Å². The van der Waals surface area contributed by atoms with E-state index in [9.17, 15) is 9.59 Å². The van der Waals surface area contributed by atoms with Crippen LogP contribution in [0.1, 0.15) is 25.3 Å². The van der Waals surface area contributed by atoms with Crippen LogP contribution in [-0.4, -0.2) is 31.0 Å². The van der Waals surface area contributed by atoms with Gasteiger partial charge in [-0.15, -0.1) is 12.4 Å². The normalized spacial score (nSPS) is 9.43. The van der Waals surface area contributed by atoms with E-state index in [1.807, 2.05) is 24.3 Å². The minimum Gasteiger partial charge on any atom is -0.465 e. The average Bonchev–Trinajstić information content (AvgIpc) is 2.47. The van der Waals surface area contributed by atoms with Gasteiger partial charge in [0.2, 0.25) is 5.91 Å². The third kappa shape index (κ3) is 9.36. The number of aryl methyl sites for hydroxylation is 1. The molecular weight excluding hydrogens is 320 g/mol. The molecule has 0 aromatic heterocycles. The summed E-state index contributed by atoms with van der Waals surface area (Å²) in [5, 5.41) is 12.3. The highest BCUT2D eigenvalue weighted by atomic mass is 35.5. The monoisotopic (exact) mass is 342 g/mol. The van der Waals surface area contributed by atoms with Crippen molar-refractivity contribution in [2.45, 2.75) is 26.2 Å². The van der Waals surface area contributed by atoms with Crippen LogP contribution in [0.25, 0.3) is 0 Å². The first-order chi connectivity index (χ1) is 10.5. The number of carbonyl (C=O) groups is 2. The Morgan fingerprint density at radius 3 is 2.48 bits per heavy atom. The number of esters is 1. The van der Waals surface area contributed by atoms with Gasteiger partial charge >= 0.3 is 5.97 Å². The first kappa shape index (κ1) is 20.7. The summed E-state index contributed by atoms with van der Waals surface area (Å²) >= 11 is 0. The van der Waals surface area contributed by atoms with Gasteiger partial charge in [0.15, 0.2) is 5.96 Å². The first-order valence-corrected chi connectivity index (χ1v) is 7.13. The van der Waals surface area contributed by atoms with Crippen LogP contribution < -0.4 is 16.4 Å².